The molecule has 0 aliphatic heterocycles. The molecule has 1 aromatic heterocycles. The van der Waals surface area contributed by atoms with Crippen molar-refractivity contribution in [3.8, 4) is 0 Å². The van der Waals surface area contributed by atoms with Gasteiger partial charge in [-0.25, -0.2) is 4.98 Å². The van der Waals surface area contributed by atoms with Crippen LogP contribution in [0.3, 0.4) is 0 Å². The highest BCUT2D eigenvalue weighted by Gasteiger charge is 2.13. The van der Waals surface area contributed by atoms with Crippen LogP contribution in [0.15, 0.2) is 18.2 Å². The van der Waals surface area contributed by atoms with Gasteiger partial charge >= 0.3 is 0 Å². The van der Waals surface area contributed by atoms with Crippen LogP contribution >= 0.6 is 11.6 Å². The minimum atomic E-state index is -0.0450. The molecule has 3 nitrogen and oxygen atoms in total. The van der Waals surface area contributed by atoms with E-state index in [-0.39, 0.29) is 6.61 Å². The molecule has 1 atom stereocenters. The van der Waals surface area contributed by atoms with Gasteiger partial charge in [-0.05, 0) is 31.5 Å². The van der Waals surface area contributed by atoms with Gasteiger partial charge in [-0.2, -0.15) is 0 Å². The molecule has 1 N–H and O–H groups in total. The van der Waals surface area contributed by atoms with Crippen LogP contribution in [0.5, 0.6) is 0 Å². The summed E-state index contributed by atoms with van der Waals surface area (Å²) in [5.41, 5.74) is 1.87. The highest BCUT2D eigenvalue weighted by molar-refractivity contribution is 6.31. The highest BCUT2D eigenvalue weighted by Crippen LogP contribution is 2.25. The Morgan fingerprint density at radius 3 is 2.88 bits per heavy atom. The van der Waals surface area contributed by atoms with E-state index in [1.165, 1.54) is 0 Å². The molecular formula is C12H15ClN2O. The zero-order chi connectivity index (χ0) is 11.7. The zero-order valence-corrected chi connectivity index (χ0v) is 10.2. The number of rotatable bonds is 3. The zero-order valence-electron chi connectivity index (χ0n) is 9.44. The first-order valence-corrected chi connectivity index (χ1v) is 5.82. The molecule has 0 amide bonds. The standard InChI is InChI=1S/C12H15ClN2O/c1-3-8(2)15-11-5-4-9(13)6-10(11)14-12(15)7-16/h4-6,8,16H,3,7H2,1-2H3. The molecule has 0 saturated carbocycles. The summed E-state index contributed by atoms with van der Waals surface area (Å²) in [4.78, 5) is 4.39. The van der Waals surface area contributed by atoms with E-state index in [4.69, 9.17) is 11.6 Å². The minimum absolute atomic E-state index is 0.0450. The van der Waals surface area contributed by atoms with Gasteiger partial charge < -0.3 is 9.67 Å². The van der Waals surface area contributed by atoms with Gasteiger partial charge in [0.05, 0.1) is 11.0 Å². The minimum Gasteiger partial charge on any atom is -0.388 e. The van der Waals surface area contributed by atoms with Gasteiger partial charge in [0.25, 0.3) is 0 Å². The topological polar surface area (TPSA) is 38.0 Å². The lowest BCUT2D eigenvalue weighted by atomic mass is 10.2. The van der Waals surface area contributed by atoms with Crippen molar-refractivity contribution in [3.63, 3.8) is 0 Å². The van der Waals surface area contributed by atoms with Gasteiger partial charge in [0, 0.05) is 11.1 Å². The first-order valence-electron chi connectivity index (χ1n) is 5.44. The highest BCUT2D eigenvalue weighted by atomic mass is 35.5. The molecule has 1 heterocycles. The van der Waals surface area contributed by atoms with Crippen molar-refractivity contribution in [1.29, 1.82) is 0 Å². The van der Waals surface area contributed by atoms with Crippen LogP contribution in [0.25, 0.3) is 11.0 Å². The number of fused-ring (bicyclic) bond motifs is 1. The molecule has 2 rings (SSSR count). The number of aliphatic hydroxyl groups is 1. The van der Waals surface area contributed by atoms with Crippen LogP contribution in [0.4, 0.5) is 0 Å². The number of aliphatic hydroxyl groups excluding tert-OH is 1. The van der Waals surface area contributed by atoms with Gasteiger partial charge in [-0.15, -0.1) is 0 Å². The van der Waals surface area contributed by atoms with Crippen LogP contribution in [0.1, 0.15) is 32.1 Å². The maximum atomic E-state index is 9.32. The van der Waals surface area contributed by atoms with Crippen molar-refractivity contribution in [2.45, 2.75) is 32.9 Å². The summed E-state index contributed by atoms with van der Waals surface area (Å²) in [7, 11) is 0. The third-order valence-electron chi connectivity index (χ3n) is 2.90. The lowest BCUT2D eigenvalue weighted by Crippen LogP contribution is -2.08. The van der Waals surface area contributed by atoms with Crippen molar-refractivity contribution >= 4 is 22.6 Å². The molecule has 0 spiro atoms. The summed E-state index contributed by atoms with van der Waals surface area (Å²) in [5, 5.41) is 9.99. The second-order valence-electron chi connectivity index (χ2n) is 3.95. The Labute approximate surface area is 99.7 Å². The molecule has 0 fully saturated rings. The van der Waals surface area contributed by atoms with E-state index in [2.05, 4.69) is 23.4 Å². The maximum Gasteiger partial charge on any atom is 0.135 e. The molecule has 0 aliphatic rings. The summed E-state index contributed by atoms with van der Waals surface area (Å²) in [6.45, 7) is 4.19. The molecule has 2 aromatic rings. The SMILES string of the molecule is CCC(C)n1c(CO)nc2cc(Cl)ccc21. The molecule has 0 aliphatic carbocycles. The van der Waals surface area contributed by atoms with E-state index >= 15 is 0 Å². The number of benzene rings is 1. The Balaban J connectivity index is 2.68. The average molecular weight is 239 g/mol. The molecule has 1 aromatic carbocycles. The molecule has 86 valence electrons. The first kappa shape index (κ1) is 11.4. The van der Waals surface area contributed by atoms with Crippen LogP contribution < -0.4 is 0 Å². The molecular weight excluding hydrogens is 224 g/mol. The number of imidazole rings is 1. The average Bonchev–Trinajstić information content (AvgIpc) is 2.65. The normalized spacial score (nSPS) is 13.2. The summed E-state index contributed by atoms with van der Waals surface area (Å²) >= 11 is 5.93. The second kappa shape index (κ2) is 4.44. The monoisotopic (exact) mass is 238 g/mol. The Kier molecular flexibility index (Phi) is 3.17. The van der Waals surface area contributed by atoms with Crippen molar-refractivity contribution < 1.29 is 5.11 Å². The van der Waals surface area contributed by atoms with E-state index in [0.717, 1.165) is 17.5 Å². The lowest BCUT2D eigenvalue weighted by molar-refractivity contribution is 0.262. The third-order valence-corrected chi connectivity index (χ3v) is 3.13. The quantitative estimate of drug-likeness (QED) is 0.892. The van der Waals surface area contributed by atoms with Crippen LogP contribution in [0.2, 0.25) is 5.02 Å². The Bertz CT molecular complexity index is 507. The number of hydrogen-bond donors (Lipinski definition) is 1. The first-order chi connectivity index (χ1) is 7.67. The molecule has 0 radical (unpaired) electrons. The molecule has 1 unspecified atom stereocenters. The van der Waals surface area contributed by atoms with E-state index in [0.29, 0.717) is 16.9 Å². The van der Waals surface area contributed by atoms with Gasteiger partial charge in [0.15, 0.2) is 0 Å². The molecule has 0 saturated heterocycles. The number of nitrogens with zero attached hydrogens (tertiary/aromatic N) is 2. The van der Waals surface area contributed by atoms with E-state index in [1.54, 1.807) is 0 Å². The van der Waals surface area contributed by atoms with E-state index < -0.39 is 0 Å². The largest absolute Gasteiger partial charge is 0.388 e. The number of hydrogen-bond acceptors (Lipinski definition) is 2. The number of halogens is 1. The third kappa shape index (κ3) is 1.81. The summed E-state index contributed by atoms with van der Waals surface area (Å²) < 4.78 is 2.08. The van der Waals surface area contributed by atoms with Crippen LogP contribution in [0, 0.1) is 0 Å². The number of aromatic nitrogens is 2. The fourth-order valence-electron chi connectivity index (χ4n) is 1.91. The van der Waals surface area contributed by atoms with Gasteiger partial charge in [0.2, 0.25) is 0 Å². The van der Waals surface area contributed by atoms with Crippen LogP contribution in [-0.4, -0.2) is 14.7 Å². The maximum absolute atomic E-state index is 9.32. The summed E-state index contributed by atoms with van der Waals surface area (Å²) in [6, 6.07) is 5.96. The predicted octanol–water partition coefficient (Wildman–Crippen LogP) is 3.15. The van der Waals surface area contributed by atoms with Gasteiger partial charge in [0.1, 0.15) is 12.4 Å². The van der Waals surface area contributed by atoms with Crippen molar-refractivity contribution in [2.75, 3.05) is 0 Å². The van der Waals surface area contributed by atoms with Crippen molar-refractivity contribution in [1.82, 2.24) is 9.55 Å². The van der Waals surface area contributed by atoms with Crippen molar-refractivity contribution in [2.24, 2.45) is 0 Å². The fraction of sp³-hybridized carbons (Fsp3) is 0.417. The van der Waals surface area contributed by atoms with Gasteiger partial charge in [-0.1, -0.05) is 18.5 Å². The fourth-order valence-corrected chi connectivity index (χ4v) is 2.07. The van der Waals surface area contributed by atoms with E-state index in [1.807, 2.05) is 18.2 Å². The molecule has 0 bridgehead atoms. The Morgan fingerprint density at radius 1 is 1.50 bits per heavy atom. The Hall–Kier alpha value is -1.06. The van der Waals surface area contributed by atoms with E-state index in [9.17, 15) is 5.11 Å². The summed E-state index contributed by atoms with van der Waals surface area (Å²) in [5.74, 6) is 0.701. The molecule has 16 heavy (non-hydrogen) atoms. The van der Waals surface area contributed by atoms with Crippen LogP contribution in [-0.2, 0) is 6.61 Å². The Morgan fingerprint density at radius 2 is 2.25 bits per heavy atom. The van der Waals surface area contributed by atoms with Crippen molar-refractivity contribution in [3.05, 3.63) is 29.0 Å². The molecule has 4 heteroatoms. The smallest absolute Gasteiger partial charge is 0.135 e. The van der Waals surface area contributed by atoms with Gasteiger partial charge in [-0.3, -0.25) is 0 Å². The summed E-state index contributed by atoms with van der Waals surface area (Å²) in [6.07, 6.45) is 1.00. The predicted molar refractivity (Wildman–Crippen MR) is 65.7 cm³/mol. The second-order valence-corrected chi connectivity index (χ2v) is 4.38. The lowest BCUT2D eigenvalue weighted by Gasteiger charge is -2.14.